The maximum Gasteiger partial charge on any atom is 0.234 e. The van der Waals surface area contributed by atoms with Crippen molar-refractivity contribution in [3.05, 3.63) is 29.8 Å². The van der Waals surface area contributed by atoms with Crippen LogP contribution in [0.4, 0.5) is 0 Å². The van der Waals surface area contributed by atoms with Gasteiger partial charge in [-0.1, -0.05) is 35.0 Å². The highest BCUT2D eigenvalue weighted by molar-refractivity contribution is 9.10. The number of hydrogen-bond acceptors (Lipinski definition) is 2. The Morgan fingerprint density at radius 2 is 1.84 bits per heavy atom. The highest BCUT2D eigenvalue weighted by Crippen LogP contribution is 2.19. The van der Waals surface area contributed by atoms with Gasteiger partial charge in [-0.2, -0.15) is 0 Å². The number of alkyl halides is 1. The molecule has 106 valence electrons. The van der Waals surface area contributed by atoms with E-state index in [4.69, 9.17) is 4.74 Å². The molecule has 0 aliphatic heterocycles. The van der Waals surface area contributed by atoms with Crippen LogP contribution in [0.1, 0.15) is 45.7 Å². The van der Waals surface area contributed by atoms with Crippen molar-refractivity contribution in [3.8, 4) is 5.75 Å². The predicted molar refractivity (Wildman–Crippen MR) is 81.8 cm³/mol. The summed E-state index contributed by atoms with van der Waals surface area (Å²) in [5.41, 5.74) is 1.07. The SMILES string of the molecule is CCC(Br)C(=O)NC(C)c1ccc(OC(C)C)cc1. The Bertz CT molecular complexity index is 403. The summed E-state index contributed by atoms with van der Waals surface area (Å²) < 4.78 is 5.59. The first-order chi connectivity index (χ1) is 8.93. The van der Waals surface area contributed by atoms with E-state index >= 15 is 0 Å². The number of carbonyl (C=O) groups excluding carboxylic acids is 1. The van der Waals surface area contributed by atoms with Crippen LogP contribution in [0, 0.1) is 0 Å². The molecule has 3 nitrogen and oxygen atoms in total. The number of ether oxygens (including phenoxy) is 1. The third kappa shape index (κ3) is 5.23. The van der Waals surface area contributed by atoms with Gasteiger partial charge in [-0.05, 0) is 44.9 Å². The van der Waals surface area contributed by atoms with Crippen LogP contribution < -0.4 is 10.1 Å². The van der Waals surface area contributed by atoms with Gasteiger partial charge in [-0.25, -0.2) is 0 Å². The third-order valence-electron chi connectivity index (χ3n) is 2.75. The molecule has 19 heavy (non-hydrogen) atoms. The summed E-state index contributed by atoms with van der Waals surface area (Å²) in [6.45, 7) is 7.95. The van der Waals surface area contributed by atoms with E-state index in [-0.39, 0.29) is 22.9 Å². The molecule has 1 aromatic carbocycles. The van der Waals surface area contributed by atoms with Crippen molar-refractivity contribution in [2.45, 2.75) is 51.1 Å². The van der Waals surface area contributed by atoms with Gasteiger partial charge in [0.15, 0.2) is 0 Å². The van der Waals surface area contributed by atoms with Crippen molar-refractivity contribution < 1.29 is 9.53 Å². The number of halogens is 1. The quantitative estimate of drug-likeness (QED) is 0.806. The molecule has 0 radical (unpaired) electrons. The molecule has 0 saturated carbocycles. The highest BCUT2D eigenvalue weighted by atomic mass is 79.9. The van der Waals surface area contributed by atoms with Gasteiger partial charge in [0.25, 0.3) is 0 Å². The van der Waals surface area contributed by atoms with Crippen LogP contribution >= 0.6 is 15.9 Å². The second-order valence-corrected chi connectivity index (χ2v) is 5.95. The molecule has 0 aliphatic rings. The molecule has 0 aliphatic carbocycles. The summed E-state index contributed by atoms with van der Waals surface area (Å²) in [4.78, 5) is 11.7. The number of rotatable bonds is 6. The average molecular weight is 328 g/mol. The minimum Gasteiger partial charge on any atom is -0.491 e. The standard InChI is InChI=1S/C15H22BrNO2/c1-5-14(16)15(18)17-11(4)12-6-8-13(9-7-12)19-10(2)3/h6-11,14H,5H2,1-4H3,(H,17,18). The van der Waals surface area contributed by atoms with E-state index in [0.29, 0.717) is 0 Å². The van der Waals surface area contributed by atoms with Gasteiger partial charge < -0.3 is 10.1 Å². The van der Waals surface area contributed by atoms with Crippen LogP contribution in [-0.4, -0.2) is 16.8 Å². The van der Waals surface area contributed by atoms with E-state index in [1.54, 1.807) is 0 Å². The normalized spacial score (nSPS) is 14.0. The zero-order valence-corrected chi connectivity index (χ0v) is 13.5. The molecule has 0 aromatic heterocycles. The summed E-state index contributed by atoms with van der Waals surface area (Å²) >= 11 is 3.35. The Morgan fingerprint density at radius 3 is 2.32 bits per heavy atom. The van der Waals surface area contributed by atoms with Gasteiger partial charge in [0, 0.05) is 0 Å². The van der Waals surface area contributed by atoms with Gasteiger partial charge in [0.05, 0.1) is 17.0 Å². The van der Waals surface area contributed by atoms with Gasteiger partial charge in [-0.15, -0.1) is 0 Å². The Morgan fingerprint density at radius 1 is 1.26 bits per heavy atom. The molecule has 0 fully saturated rings. The maximum atomic E-state index is 11.8. The second-order valence-electron chi connectivity index (χ2n) is 4.84. The van der Waals surface area contributed by atoms with Crippen LogP contribution in [-0.2, 0) is 4.79 Å². The van der Waals surface area contributed by atoms with Crippen molar-refractivity contribution in [3.63, 3.8) is 0 Å². The van der Waals surface area contributed by atoms with Crippen LogP contribution in [0.3, 0.4) is 0 Å². The molecule has 4 heteroatoms. The lowest BCUT2D eigenvalue weighted by Crippen LogP contribution is -2.32. The topological polar surface area (TPSA) is 38.3 Å². The van der Waals surface area contributed by atoms with E-state index in [0.717, 1.165) is 17.7 Å². The minimum atomic E-state index is -0.126. The average Bonchev–Trinajstić information content (AvgIpc) is 2.37. The van der Waals surface area contributed by atoms with E-state index in [2.05, 4.69) is 21.2 Å². The zero-order chi connectivity index (χ0) is 14.4. The predicted octanol–water partition coefficient (Wildman–Crippen LogP) is 3.82. The van der Waals surface area contributed by atoms with Crippen molar-refractivity contribution in [2.24, 2.45) is 0 Å². The van der Waals surface area contributed by atoms with Gasteiger partial charge in [-0.3, -0.25) is 4.79 Å². The van der Waals surface area contributed by atoms with Crippen molar-refractivity contribution in [1.29, 1.82) is 0 Å². The number of hydrogen-bond donors (Lipinski definition) is 1. The first-order valence-corrected chi connectivity index (χ1v) is 7.56. The highest BCUT2D eigenvalue weighted by Gasteiger charge is 2.15. The minimum absolute atomic E-state index is 0.00722. The molecule has 2 unspecified atom stereocenters. The Kier molecular flexibility index (Phi) is 6.35. The van der Waals surface area contributed by atoms with Crippen molar-refractivity contribution >= 4 is 21.8 Å². The number of carbonyl (C=O) groups is 1. The van der Waals surface area contributed by atoms with Gasteiger partial charge in [0.1, 0.15) is 5.75 Å². The smallest absolute Gasteiger partial charge is 0.234 e. The van der Waals surface area contributed by atoms with Gasteiger partial charge >= 0.3 is 0 Å². The van der Waals surface area contributed by atoms with Crippen LogP contribution in [0.15, 0.2) is 24.3 Å². The van der Waals surface area contributed by atoms with Crippen LogP contribution in [0.2, 0.25) is 0 Å². The molecular weight excluding hydrogens is 306 g/mol. The monoisotopic (exact) mass is 327 g/mol. The molecule has 1 N–H and O–H groups in total. The molecule has 0 spiro atoms. The molecule has 0 saturated heterocycles. The fraction of sp³-hybridized carbons (Fsp3) is 0.533. The van der Waals surface area contributed by atoms with Gasteiger partial charge in [0.2, 0.25) is 5.91 Å². The summed E-state index contributed by atoms with van der Waals surface area (Å²) in [6, 6.07) is 7.83. The second kappa shape index (κ2) is 7.53. The number of nitrogens with one attached hydrogen (secondary N) is 1. The largest absolute Gasteiger partial charge is 0.491 e. The lowest BCUT2D eigenvalue weighted by atomic mass is 10.1. The third-order valence-corrected chi connectivity index (χ3v) is 3.82. The number of amides is 1. The fourth-order valence-corrected chi connectivity index (χ4v) is 1.81. The number of benzene rings is 1. The van der Waals surface area contributed by atoms with E-state index < -0.39 is 0 Å². The Balaban J connectivity index is 2.62. The summed E-state index contributed by atoms with van der Waals surface area (Å²) in [7, 11) is 0. The molecule has 1 aromatic rings. The van der Waals surface area contributed by atoms with E-state index in [1.807, 2.05) is 52.0 Å². The summed E-state index contributed by atoms with van der Waals surface area (Å²) in [6.07, 6.45) is 0.946. The maximum absolute atomic E-state index is 11.8. The summed E-state index contributed by atoms with van der Waals surface area (Å²) in [5, 5.41) is 2.98. The van der Waals surface area contributed by atoms with Crippen LogP contribution in [0.5, 0.6) is 5.75 Å². The summed E-state index contributed by atoms with van der Waals surface area (Å²) in [5.74, 6) is 0.877. The van der Waals surface area contributed by atoms with E-state index in [9.17, 15) is 4.79 Å². The first-order valence-electron chi connectivity index (χ1n) is 6.65. The van der Waals surface area contributed by atoms with Crippen molar-refractivity contribution in [2.75, 3.05) is 0 Å². The Hall–Kier alpha value is -1.03. The molecule has 1 amide bonds. The lowest BCUT2D eigenvalue weighted by molar-refractivity contribution is -0.121. The molecule has 2 atom stereocenters. The molecule has 0 bridgehead atoms. The molecule has 1 rings (SSSR count). The Labute approximate surface area is 123 Å². The molecular formula is C15H22BrNO2. The lowest BCUT2D eigenvalue weighted by Gasteiger charge is -2.17. The molecule has 0 heterocycles. The van der Waals surface area contributed by atoms with E-state index in [1.165, 1.54) is 0 Å². The zero-order valence-electron chi connectivity index (χ0n) is 11.9. The first kappa shape index (κ1) is 16.0. The fourth-order valence-electron chi connectivity index (χ4n) is 1.68. The van der Waals surface area contributed by atoms with Crippen molar-refractivity contribution in [1.82, 2.24) is 5.32 Å². The van der Waals surface area contributed by atoms with Crippen LogP contribution in [0.25, 0.3) is 0 Å².